The van der Waals surface area contributed by atoms with Gasteiger partial charge in [-0.3, -0.25) is 4.79 Å². The summed E-state index contributed by atoms with van der Waals surface area (Å²) in [6, 6.07) is 7.65. The molecule has 4 rings (SSSR count). The quantitative estimate of drug-likeness (QED) is 0.704. The Bertz CT molecular complexity index is 959. The molecule has 0 spiro atoms. The predicted octanol–water partition coefficient (Wildman–Crippen LogP) is 3.33. The zero-order valence-electron chi connectivity index (χ0n) is 13.7. The first-order valence-electron chi connectivity index (χ1n) is 8.28. The second-order valence-electron chi connectivity index (χ2n) is 6.29. The molecule has 8 heteroatoms. The lowest BCUT2D eigenvalue weighted by atomic mass is 10.0. The average Bonchev–Trinajstić information content (AvgIpc) is 3.04. The fraction of sp³-hybridized carbons (Fsp3) is 0.278. The van der Waals surface area contributed by atoms with Gasteiger partial charge in [0, 0.05) is 19.2 Å². The average molecular weight is 360 g/mol. The second-order valence-corrected chi connectivity index (χ2v) is 6.29. The molecule has 0 radical (unpaired) electrons. The third-order valence-electron chi connectivity index (χ3n) is 4.71. The molecule has 0 atom stereocenters. The minimum atomic E-state index is -0.860. The number of nitrogens with zero attached hydrogens (tertiary/aromatic N) is 4. The molecule has 1 aliphatic rings. The van der Waals surface area contributed by atoms with Gasteiger partial charge in [0.2, 0.25) is 0 Å². The van der Waals surface area contributed by atoms with E-state index in [1.54, 1.807) is 10.7 Å². The first-order chi connectivity index (χ1) is 12.5. The summed E-state index contributed by atoms with van der Waals surface area (Å²) in [6.07, 6.45) is 1.13. The molecular formula is C18H15F3N4O. The highest BCUT2D eigenvalue weighted by atomic mass is 19.1. The Hall–Kier alpha value is -2.90. The number of halogens is 3. The normalized spacial score (nSPS) is 15.6. The van der Waals surface area contributed by atoms with Crippen molar-refractivity contribution in [3.05, 3.63) is 59.4 Å². The number of carbonyl (C=O) groups excluding carboxylic acids is 1. The van der Waals surface area contributed by atoms with Crippen LogP contribution in [-0.4, -0.2) is 38.9 Å². The SMILES string of the molecule is O=C(c1c(F)cccc1F)N1CCC(n2nnc3cc(F)ccc32)CC1. The Morgan fingerprint density at radius 2 is 1.73 bits per heavy atom. The van der Waals surface area contributed by atoms with Crippen LogP contribution in [0.25, 0.3) is 11.0 Å². The van der Waals surface area contributed by atoms with Crippen LogP contribution in [0.2, 0.25) is 0 Å². The number of aromatic nitrogens is 3. The molecule has 0 bridgehead atoms. The number of carbonyl (C=O) groups is 1. The Morgan fingerprint density at radius 3 is 2.42 bits per heavy atom. The van der Waals surface area contributed by atoms with E-state index in [-0.39, 0.29) is 11.9 Å². The first kappa shape index (κ1) is 16.6. The molecule has 2 heterocycles. The summed E-state index contributed by atoms with van der Waals surface area (Å²) in [6.45, 7) is 0.694. The molecule has 1 aromatic heterocycles. The first-order valence-corrected chi connectivity index (χ1v) is 8.28. The van der Waals surface area contributed by atoms with Crippen molar-refractivity contribution in [2.24, 2.45) is 0 Å². The van der Waals surface area contributed by atoms with Crippen LogP contribution < -0.4 is 0 Å². The van der Waals surface area contributed by atoms with Gasteiger partial charge in [0.1, 0.15) is 28.5 Å². The van der Waals surface area contributed by atoms with Crippen LogP contribution in [0.5, 0.6) is 0 Å². The van der Waals surface area contributed by atoms with Crippen LogP contribution >= 0.6 is 0 Å². The van der Waals surface area contributed by atoms with Gasteiger partial charge in [-0.2, -0.15) is 0 Å². The molecule has 2 aromatic carbocycles. The Balaban J connectivity index is 1.51. The van der Waals surface area contributed by atoms with Crippen LogP contribution in [0.15, 0.2) is 36.4 Å². The molecule has 0 saturated carbocycles. The zero-order chi connectivity index (χ0) is 18.3. The Labute approximate surface area is 147 Å². The third-order valence-corrected chi connectivity index (χ3v) is 4.71. The van der Waals surface area contributed by atoms with E-state index >= 15 is 0 Å². The number of likely N-dealkylation sites (tertiary alicyclic amines) is 1. The molecule has 5 nitrogen and oxygen atoms in total. The van der Waals surface area contributed by atoms with Gasteiger partial charge in [-0.1, -0.05) is 11.3 Å². The highest BCUT2D eigenvalue weighted by Gasteiger charge is 2.29. The lowest BCUT2D eigenvalue weighted by molar-refractivity contribution is 0.0681. The summed E-state index contributed by atoms with van der Waals surface area (Å²) < 4.78 is 42.6. The van der Waals surface area contributed by atoms with Gasteiger partial charge in [0.25, 0.3) is 5.91 Å². The molecular weight excluding hydrogens is 345 g/mol. The van der Waals surface area contributed by atoms with E-state index in [0.717, 1.165) is 17.6 Å². The van der Waals surface area contributed by atoms with Gasteiger partial charge in [0.05, 0.1) is 11.6 Å². The van der Waals surface area contributed by atoms with Crippen LogP contribution in [0.1, 0.15) is 29.2 Å². The smallest absolute Gasteiger partial charge is 0.259 e. The number of fused-ring (bicyclic) bond motifs is 1. The van der Waals surface area contributed by atoms with E-state index in [9.17, 15) is 18.0 Å². The van der Waals surface area contributed by atoms with E-state index in [0.29, 0.717) is 31.4 Å². The monoisotopic (exact) mass is 360 g/mol. The van der Waals surface area contributed by atoms with Crippen molar-refractivity contribution in [2.75, 3.05) is 13.1 Å². The maximum absolute atomic E-state index is 13.8. The summed E-state index contributed by atoms with van der Waals surface area (Å²) in [7, 11) is 0. The molecule has 1 amide bonds. The standard InChI is InChI=1S/C18H15F3N4O/c19-11-4-5-16-15(10-11)22-23-25(16)12-6-8-24(9-7-12)18(26)17-13(20)2-1-3-14(17)21/h1-5,10,12H,6-9H2. The zero-order valence-corrected chi connectivity index (χ0v) is 13.7. The predicted molar refractivity (Wildman–Crippen MR) is 88.0 cm³/mol. The topological polar surface area (TPSA) is 51.0 Å². The molecule has 134 valence electrons. The third kappa shape index (κ3) is 2.81. The number of piperidine rings is 1. The molecule has 1 aliphatic heterocycles. The van der Waals surface area contributed by atoms with Crippen molar-refractivity contribution >= 4 is 16.9 Å². The summed E-state index contributed by atoms with van der Waals surface area (Å²) in [4.78, 5) is 13.9. The fourth-order valence-electron chi connectivity index (χ4n) is 3.36. The maximum atomic E-state index is 13.8. The molecule has 26 heavy (non-hydrogen) atoms. The van der Waals surface area contributed by atoms with E-state index in [4.69, 9.17) is 0 Å². The van der Waals surface area contributed by atoms with E-state index in [2.05, 4.69) is 10.3 Å². The number of hydrogen-bond acceptors (Lipinski definition) is 3. The molecule has 1 saturated heterocycles. The van der Waals surface area contributed by atoms with Gasteiger partial charge in [0.15, 0.2) is 0 Å². The van der Waals surface area contributed by atoms with Crippen LogP contribution in [0.4, 0.5) is 13.2 Å². The second kappa shape index (κ2) is 6.44. The van der Waals surface area contributed by atoms with Gasteiger partial charge in [-0.25, -0.2) is 17.9 Å². The van der Waals surface area contributed by atoms with Crippen molar-refractivity contribution in [3.8, 4) is 0 Å². The highest BCUT2D eigenvalue weighted by molar-refractivity contribution is 5.94. The fourth-order valence-corrected chi connectivity index (χ4v) is 3.36. The lowest BCUT2D eigenvalue weighted by Crippen LogP contribution is -2.40. The molecule has 0 unspecified atom stereocenters. The number of hydrogen-bond donors (Lipinski definition) is 0. The van der Waals surface area contributed by atoms with Crippen molar-refractivity contribution in [1.29, 1.82) is 0 Å². The van der Waals surface area contributed by atoms with Crippen LogP contribution in [0.3, 0.4) is 0 Å². The van der Waals surface area contributed by atoms with Gasteiger partial charge >= 0.3 is 0 Å². The number of rotatable bonds is 2. The summed E-state index contributed by atoms with van der Waals surface area (Å²) in [5, 5.41) is 8.07. The summed E-state index contributed by atoms with van der Waals surface area (Å²) in [5.41, 5.74) is 0.667. The van der Waals surface area contributed by atoms with E-state index in [1.807, 2.05) is 0 Å². The van der Waals surface area contributed by atoms with Crippen molar-refractivity contribution in [2.45, 2.75) is 18.9 Å². The molecule has 1 fully saturated rings. The molecule has 3 aromatic rings. The minimum Gasteiger partial charge on any atom is -0.338 e. The number of benzene rings is 2. The largest absolute Gasteiger partial charge is 0.338 e. The van der Waals surface area contributed by atoms with E-state index in [1.165, 1.54) is 23.1 Å². The van der Waals surface area contributed by atoms with Crippen molar-refractivity contribution in [1.82, 2.24) is 19.9 Å². The van der Waals surface area contributed by atoms with Crippen molar-refractivity contribution in [3.63, 3.8) is 0 Å². The summed E-state index contributed by atoms with van der Waals surface area (Å²) >= 11 is 0. The van der Waals surface area contributed by atoms with Crippen LogP contribution in [-0.2, 0) is 0 Å². The maximum Gasteiger partial charge on any atom is 0.259 e. The Kier molecular flexibility index (Phi) is 4.10. The molecule has 0 aliphatic carbocycles. The van der Waals surface area contributed by atoms with Crippen molar-refractivity contribution < 1.29 is 18.0 Å². The minimum absolute atomic E-state index is 0.0139. The van der Waals surface area contributed by atoms with Gasteiger partial charge in [-0.05, 0) is 37.1 Å². The summed E-state index contributed by atoms with van der Waals surface area (Å²) in [5.74, 6) is -2.75. The molecule has 0 N–H and O–H groups in total. The number of amides is 1. The van der Waals surface area contributed by atoms with E-state index < -0.39 is 23.1 Å². The van der Waals surface area contributed by atoms with Gasteiger partial charge < -0.3 is 4.90 Å². The van der Waals surface area contributed by atoms with Crippen LogP contribution in [0, 0.1) is 17.5 Å². The lowest BCUT2D eigenvalue weighted by Gasteiger charge is -2.32. The highest BCUT2D eigenvalue weighted by Crippen LogP contribution is 2.27. The van der Waals surface area contributed by atoms with Gasteiger partial charge in [-0.15, -0.1) is 5.10 Å². The Morgan fingerprint density at radius 1 is 1.04 bits per heavy atom.